The SMILES string of the molecule is CCCn1nc(C)c([N+](=O)[O-])c1NCCCCO. The van der Waals surface area contributed by atoms with Crippen molar-refractivity contribution in [2.45, 2.75) is 39.7 Å². The maximum Gasteiger partial charge on any atom is 0.333 e. The summed E-state index contributed by atoms with van der Waals surface area (Å²) in [6.45, 7) is 5.02. The fraction of sp³-hybridized carbons (Fsp3) is 0.727. The van der Waals surface area contributed by atoms with Crippen LogP contribution in [-0.4, -0.2) is 33.0 Å². The molecule has 1 rings (SSSR count). The number of anilines is 1. The van der Waals surface area contributed by atoms with Crippen LogP contribution in [0.25, 0.3) is 0 Å². The van der Waals surface area contributed by atoms with Crippen molar-refractivity contribution in [3.63, 3.8) is 0 Å². The molecule has 0 fully saturated rings. The lowest BCUT2D eigenvalue weighted by atomic mass is 10.3. The van der Waals surface area contributed by atoms with E-state index in [1.807, 2.05) is 6.92 Å². The molecular weight excluding hydrogens is 236 g/mol. The van der Waals surface area contributed by atoms with Crippen molar-refractivity contribution in [1.82, 2.24) is 9.78 Å². The number of nitro groups is 1. The monoisotopic (exact) mass is 256 g/mol. The van der Waals surface area contributed by atoms with Crippen LogP contribution >= 0.6 is 0 Å². The lowest BCUT2D eigenvalue weighted by Gasteiger charge is -2.07. The van der Waals surface area contributed by atoms with E-state index in [-0.39, 0.29) is 12.3 Å². The van der Waals surface area contributed by atoms with Gasteiger partial charge >= 0.3 is 5.69 Å². The van der Waals surface area contributed by atoms with E-state index in [1.165, 1.54) is 0 Å². The summed E-state index contributed by atoms with van der Waals surface area (Å²) < 4.78 is 1.65. The summed E-state index contributed by atoms with van der Waals surface area (Å²) >= 11 is 0. The van der Waals surface area contributed by atoms with Gasteiger partial charge in [0.15, 0.2) is 0 Å². The first-order valence-electron chi connectivity index (χ1n) is 6.18. The van der Waals surface area contributed by atoms with Gasteiger partial charge in [-0.2, -0.15) is 5.10 Å². The Kier molecular flexibility index (Phi) is 5.57. The number of rotatable bonds is 8. The van der Waals surface area contributed by atoms with Gasteiger partial charge < -0.3 is 10.4 Å². The highest BCUT2D eigenvalue weighted by atomic mass is 16.6. The Hall–Kier alpha value is -1.63. The molecule has 1 heterocycles. The third kappa shape index (κ3) is 3.43. The summed E-state index contributed by atoms with van der Waals surface area (Å²) in [4.78, 5) is 10.6. The van der Waals surface area contributed by atoms with Crippen LogP contribution in [0.4, 0.5) is 11.5 Å². The first-order chi connectivity index (χ1) is 8.61. The van der Waals surface area contributed by atoms with E-state index in [1.54, 1.807) is 11.6 Å². The average molecular weight is 256 g/mol. The quantitative estimate of drug-likeness (QED) is 0.419. The van der Waals surface area contributed by atoms with Gasteiger partial charge in [-0.05, 0) is 26.2 Å². The molecular formula is C11H20N4O3. The minimum absolute atomic E-state index is 0.0486. The van der Waals surface area contributed by atoms with Gasteiger partial charge in [-0.1, -0.05) is 6.92 Å². The van der Waals surface area contributed by atoms with Crippen LogP contribution in [-0.2, 0) is 6.54 Å². The first-order valence-corrected chi connectivity index (χ1v) is 6.18. The largest absolute Gasteiger partial charge is 0.396 e. The molecule has 0 aliphatic heterocycles. The standard InChI is InChI=1S/C11H20N4O3/c1-3-7-14-11(12-6-4-5-8-16)10(15(17)18)9(2)13-14/h12,16H,3-8H2,1-2H3. The Balaban J connectivity index is 2.86. The fourth-order valence-corrected chi connectivity index (χ4v) is 1.78. The smallest absolute Gasteiger partial charge is 0.333 e. The second kappa shape index (κ2) is 6.95. The molecule has 0 aromatic carbocycles. The molecule has 0 atom stereocenters. The Bertz CT molecular complexity index is 403. The summed E-state index contributed by atoms with van der Waals surface area (Å²) in [6.07, 6.45) is 2.31. The summed E-state index contributed by atoms with van der Waals surface area (Å²) in [5.41, 5.74) is 0.477. The molecule has 18 heavy (non-hydrogen) atoms. The van der Waals surface area contributed by atoms with Crippen LogP contribution in [0.1, 0.15) is 31.9 Å². The fourth-order valence-electron chi connectivity index (χ4n) is 1.78. The number of aromatic nitrogens is 2. The molecule has 2 N–H and O–H groups in total. The van der Waals surface area contributed by atoms with Gasteiger partial charge in [-0.3, -0.25) is 10.1 Å². The molecule has 1 aromatic rings. The number of nitrogens with one attached hydrogen (secondary N) is 1. The number of aliphatic hydroxyl groups is 1. The predicted molar refractivity (Wildman–Crippen MR) is 68.7 cm³/mol. The number of hydrogen-bond donors (Lipinski definition) is 2. The van der Waals surface area contributed by atoms with Crippen molar-refractivity contribution >= 4 is 11.5 Å². The lowest BCUT2D eigenvalue weighted by molar-refractivity contribution is -0.384. The molecule has 0 spiro atoms. The zero-order valence-corrected chi connectivity index (χ0v) is 10.8. The second-order valence-corrected chi connectivity index (χ2v) is 4.12. The highest BCUT2D eigenvalue weighted by molar-refractivity contribution is 5.59. The summed E-state index contributed by atoms with van der Waals surface area (Å²) in [7, 11) is 0. The molecule has 1 aromatic heterocycles. The number of aliphatic hydroxyl groups excluding tert-OH is 1. The van der Waals surface area contributed by atoms with Gasteiger partial charge in [0.05, 0.1) is 4.92 Å². The summed E-state index contributed by atoms with van der Waals surface area (Å²) in [5, 5.41) is 27.0. The summed E-state index contributed by atoms with van der Waals surface area (Å²) in [6, 6.07) is 0. The Morgan fingerprint density at radius 2 is 2.22 bits per heavy atom. The highest BCUT2D eigenvalue weighted by Gasteiger charge is 2.24. The van der Waals surface area contributed by atoms with E-state index in [2.05, 4.69) is 10.4 Å². The van der Waals surface area contributed by atoms with Crippen LogP contribution < -0.4 is 5.32 Å². The van der Waals surface area contributed by atoms with E-state index in [0.717, 1.165) is 12.8 Å². The minimum atomic E-state index is -0.400. The molecule has 0 saturated carbocycles. The van der Waals surface area contributed by atoms with Crippen molar-refractivity contribution in [1.29, 1.82) is 0 Å². The number of nitrogens with zero attached hydrogens (tertiary/aromatic N) is 3. The van der Waals surface area contributed by atoms with Crippen LogP contribution in [0.5, 0.6) is 0 Å². The van der Waals surface area contributed by atoms with Crippen LogP contribution in [0.2, 0.25) is 0 Å². The molecule has 7 heteroatoms. The number of unbranched alkanes of at least 4 members (excludes halogenated alkanes) is 1. The Morgan fingerprint density at radius 3 is 2.78 bits per heavy atom. The van der Waals surface area contributed by atoms with Crippen LogP contribution in [0, 0.1) is 17.0 Å². The predicted octanol–water partition coefficient (Wildman–Crippen LogP) is 1.69. The topological polar surface area (TPSA) is 93.2 Å². The van der Waals surface area contributed by atoms with Crippen molar-refractivity contribution < 1.29 is 10.0 Å². The highest BCUT2D eigenvalue weighted by Crippen LogP contribution is 2.28. The number of hydrogen-bond acceptors (Lipinski definition) is 5. The Labute approximate surface area is 106 Å². The van der Waals surface area contributed by atoms with Crippen LogP contribution in [0.3, 0.4) is 0 Å². The first kappa shape index (κ1) is 14.4. The second-order valence-electron chi connectivity index (χ2n) is 4.12. The van der Waals surface area contributed by atoms with Gasteiger partial charge in [0.1, 0.15) is 5.69 Å². The maximum absolute atomic E-state index is 11.0. The van der Waals surface area contributed by atoms with Gasteiger partial charge in [0.25, 0.3) is 0 Å². The van der Waals surface area contributed by atoms with E-state index < -0.39 is 4.92 Å². The molecule has 0 saturated heterocycles. The van der Waals surface area contributed by atoms with Gasteiger partial charge in [-0.15, -0.1) is 0 Å². The molecule has 7 nitrogen and oxygen atoms in total. The van der Waals surface area contributed by atoms with Gasteiger partial charge in [-0.25, -0.2) is 4.68 Å². The average Bonchev–Trinajstić information content (AvgIpc) is 2.62. The van der Waals surface area contributed by atoms with Crippen molar-refractivity contribution in [3.05, 3.63) is 15.8 Å². The van der Waals surface area contributed by atoms with Crippen molar-refractivity contribution in [2.24, 2.45) is 0 Å². The number of aryl methyl sites for hydroxylation is 2. The van der Waals surface area contributed by atoms with Crippen molar-refractivity contribution in [2.75, 3.05) is 18.5 Å². The molecule has 0 bridgehead atoms. The van der Waals surface area contributed by atoms with E-state index in [0.29, 0.717) is 31.0 Å². The molecule has 0 aliphatic carbocycles. The molecule has 0 radical (unpaired) electrons. The van der Waals surface area contributed by atoms with E-state index in [4.69, 9.17) is 5.11 Å². The zero-order chi connectivity index (χ0) is 13.5. The van der Waals surface area contributed by atoms with Crippen LogP contribution in [0.15, 0.2) is 0 Å². The third-order valence-electron chi connectivity index (χ3n) is 2.59. The van der Waals surface area contributed by atoms with Gasteiger partial charge in [0.2, 0.25) is 5.82 Å². The van der Waals surface area contributed by atoms with Gasteiger partial charge in [0, 0.05) is 19.7 Å². The zero-order valence-electron chi connectivity index (χ0n) is 10.8. The molecule has 0 amide bonds. The van der Waals surface area contributed by atoms with E-state index in [9.17, 15) is 10.1 Å². The van der Waals surface area contributed by atoms with E-state index >= 15 is 0 Å². The molecule has 0 aliphatic rings. The minimum Gasteiger partial charge on any atom is -0.396 e. The third-order valence-corrected chi connectivity index (χ3v) is 2.59. The lowest BCUT2D eigenvalue weighted by Crippen LogP contribution is -2.10. The Morgan fingerprint density at radius 1 is 1.50 bits per heavy atom. The maximum atomic E-state index is 11.0. The molecule has 102 valence electrons. The summed E-state index contributed by atoms with van der Waals surface area (Å²) in [5.74, 6) is 0.470. The molecule has 0 unspecified atom stereocenters. The van der Waals surface area contributed by atoms with Crippen molar-refractivity contribution in [3.8, 4) is 0 Å². The normalized spacial score (nSPS) is 10.6.